The lowest BCUT2D eigenvalue weighted by molar-refractivity contribution is -0.113. The van der Waals surface area contributed by atoms with Crippen molar-refractivity contribution in [3.8, 4) is 11.5 Å². The van der Waals surface area contributed by atoms with Crippen LogP contribution in [0.4, 0.5) is 5.69 Å². The highest BCUT2D eigenvalue weighted by Gasteiger charge is 2.19. The molecule has 0 aliphatic carbocycles. The molecule has 3 heterocycles. The number of hydrogen-bond acceptors (Lipinski definition) is 7. The molecule has 5 rings (SSSR count). The van der Waals surface area contributed by atoms with Crippen LogP contribution in [-0.2, 0) is 17.9 Å². The van der Waals surface area contributed by atoms with Crippen LogP contribution in [0.3, 0.4) is 0 Å². The summed E-state index contributed by atoms with van der Waals surface area (Å²) in [6.07, 6.45) is 3.76. The maximum absolute atomic E-state index is 12.6. The average molecular weight is 466 g/mol. The van der Waals surface area contributed by atoms with Gasteiger partial charge in [0.05, 0.1) is 18.8 Å². The van der Waals surface area contributed by atoms with Gasteiger partial charge in [0.25, 0.3) is 0 Å². The van der Waals surface area contributed by atoms with Crippen LogP contribution >= 0.6 is 11.8 Å². The number of carbonyl (C=O) groups excluding carboxylic acids is 1. The fourth-order valence-corrected chi connectivity index (χ4v) is 4.84. The first kappa shape index (κ1) is 21.8. The normalized spacial score (nSPS) is 15.5. The van der Waals surface area contributed by atoms with Crippen LogP contribution in [0.25, 0.3) is 0 Å². The number of thioether (sulfide) groups is 1. The summed E-state index contributed by atoms with van der Waals surface area (Å²) in [5, 5.41) is 12.6. The van der Waals surface area contributed by atoms with Crippen molar-refractivity contribution in [2.24, 2.45) is 0 Å². The van der Waals surface area contributed by atoms with Gasteiger partial charge >= 0.3 is 0 Å². The third-order valence-electron chi connectivity index (χ3n) is 5.78. The lowest BCUT2D eigenvalue weighted by Gasteiger charge is -2.26. The number of likely N-dealkylation sites (tertiary alicyclic amines) is 1. The molecule has 1 aromatic heterocycles. The van der Waals surface area contributed by atoms with Crippen LogP contribution in [0.15, 0.2) is 53.7 Å². The van der Waals surface area contributed by atoms with Crippen molar-refractivity contribution in [3.63, 3.8) is 0 Å². The van der Waals surface area contributed by atoms with Gasteiger partial charge in [0, 0.05) is 11.8 Å². The molecule has 2 aromatic carbocycles. The van der Waals surface area contributed by atoms with Crippen molar-refractivity contribution in [2.75, 3.05) is 31.0 Å². The summed E-state index contributed by atoms with van der Waals surface area (Å²) in [5.74, 6) is 2.42. The van der Waals surface area contributed by atoms with Crippen LogP contribution in [0.1, 0.15) is 30.7 Å². The van der Waals surface area contributed by atoms with Gasteiger partial charge in [-0.2, -0.15) is 0 Å². The molecule has 0 unspecified atom stereocenters. The average Bonchev–Trinajstić information content (AvgIpc) is 3.46. The molecule has 3 aromatic rings. The molecule has 1 saturated heterocycles. The molecule has 33 heavy (non-hydrogen) atoms. The quantitative estimate of drug-likeness (QED) is 0.507. The lowest BCUT2D eigenvalue weighted by Crippen LogP contribution is -2.30. The third kappa shape index (κ3) is 5.48. The first-order valence-electron chi connectivity index (χ1n) is 11.3. The summed E-state index contributed by atoms with van der Waals surface area (Å²) in [4.78, 5) is 15.0. The summed E-state index contributed by atoms with van der Waals surface area (Å²) in [6.45, 7) is 3.86. The minimum Gasteiger partial charge on any atom is -0.454 e. The van der Waals surface area contributed by atoms with E-state index in [1.54, 1.807) is 12.1 Å². The number of nitrogens with one attached hydrogen (secondary N) is 1. The van der Waals surface area contributed by atoms with E-state index in [1.165, 1.54) is 36.6 Å². The molecular weight excluding hydrogens is 438 g/mol. The zero-order valence-electron chi connectivity index (χ0n) is 18.4. The number of nitrogens with zero attached hydrogens (tertiary/aromatic N) is 4. The fourth-order valence-electron chi connectivity index (χ4n) is 4.09. The number of aromatic nitrogens is 3. The number of ether oxygens (including phenoxy) is 2. The van der Waals surface area contributed by atoms with Gasteiger partial charge in [-0.3, -0.25) is 9.69 Å². The molecular formula is C24H27N5O3S. The molecule has 2 aliphatic rings. The summed E-state index contributed by atoms with van der Waals surface area (Å²) < 4.78 is 12.8. The van der Waals surface area contributed by atoms with E-state index in [2.05, 4.69) is 37.1 Å². The number of piperidine rings is 1. The minimum absolute atomic E-state index is 0.106. The standard InChI is InChI=1S/C24H27N5O3S/c30-23(25-19-9-10-20-21(13-19)32-17-31-20)16-33-24-27-26-22(15-28-11-5-2-6-12-28)29(24)14-18-7-3-1-4-8-18/h1,3-4,7-10,13H,2,5-6,11-12,14-17H2,(H,25,30). The van der Waals surface area contributed by atoms with E-state index < -0.39 is 0 Å². The predicted octanol–water partition coefficient (Wildman–Crippen LogP) is 3.77. The SMILES string of the molecule is O=C(CSc1nnc(CN2CCCCC2)n1Cc1ccccc1)Nc1ccc2c(c1)OCO2. The zero-order chi connectivity index (χ0) is 22.5. The fraction of sp³-hybridized carbons (Fsp3) is 0.375. The van der Waals surface area contributed by atoms with E-state index in [-0.39, 0.29) is 18.5 Å². The van der Waals surface area contributed by atoms with Crippen molar-refractivity contribution in [2.45, 2.75) is 37.5 Å². The highest BCUT2D eigenvalue weighted by molar-refractivity contribution is 7.99. The van der Waals surface area contributed by atoms with E-state index in [0.717, 1.165) is 30.6 Å². The van der Waals surface area contributed by atoms with Crippen molar-refractivity contribution in [1.82, 2.24) is 19.7 Å². The van der Waals surface area contributed by atoms with E-state index in [4.69, 9.17) is 9.47 Å². The summed E-state index contributed by atoms with van der Waals surface area (Å²) in [5.41, 5.74) is 1.87. The Bertz CT molecular complexity index is 1100. The number of amides is 1. The number of carbonyl (C=O) groups is 1. The molecule has 0 bridgehead atoms. The van der Waals surface area contributed by atoms with Gasteiger partial charge in [-0.15, -0.1) is 10.2 Å². The molecule has 0 atom stereocenters. The first-order valence-corrected chi connectivity index (χ1v) is 12.2. The van der Waals surface area contributed by atoms with Gasteiger partial charge in [0.2, 0.25) is 12.7 Å². The molecule has 2 aliphatic heterocycles. The van der Waals surface area contributed by atoms with E-state index in [1.807, 2.05) is 24.3 Å². The Kier molecular flexibility index (Phi) is 6.78. The molecule has 0 radical (unpaired) electrons. The number of hydrogen-bond donors (Lipinski definition) is 1. The Hall–Kier alpha value is -3.04. The van der Waals surface area contributed by atoms with E-state index >= 15 is 0 Å². The maximum atomic E-state index is 12.6. The monoisotopic (exact) mass is 465 g/mol. The molecule has 1 amide bonds. The summed E-state index contributed by atoms with van der Waals surface area (Å²) >= 11 is 1.40. The van der Waals surface area contributed by atoms with Gasteiger partial charge < -0.3 is 19.4 Å². The van der Waals surface area contributed by atoms with Crippen LogP contribution in [-0.4, -0.2) is 51.2 Å². The minimum atomic E-state index is -0.106. The van der Waals surface area contributed by atoms with Crippen molar-refractivity contribution >= 4 is 23.4 Å². The number of benzene rings is 2. The van der Waals surface area contributed by atoms with Gasteiger partial charge in [-0.05, 0) is 43.6 Å². The van der Waals surface area contributed by atoms with Crippen molar-refractivity contribution in [3.05, 3.63) is 59.9 Å². The molecule has 0 spiro atoms. The second-order valence-corrected chi connectivity index (χ2v) is 9.15. The van der Waals surface area contributed by atoms with Crippen LogP contribution in [0.2, 0.25) is 0 Å². The highest BCUT2D eigenvalue weighted by Crippen LogP contribution is 2.34. The second kappa shape index (κ2) is 10.3. The molecule has 8 nitrogen and oxygen atoms in total. The first-order chi connectivity index (χ1) is 16.2. The largest absolute Gasteiger partial charge is 0.454 e. The van der Waals surface area contributed by atoms with Gasteiger partial charge in [-0.25, -0.2) is 0 Å². The second-order valence-electron chi connectivity index (χ2n) is 8.21. The van der Waals surface area contributed by atoms with Gasteiger partial charge in [-0.1, -0.05) is 48.5 Å². The molecule has 1 fully saturated rings. The zero-order valence-corrected chi connectivity index (χ0v) is 19.2. The Morgan fingerprint density at radius 2 is 1.79 bits per heavy atom. The number of fused-ring (bicyclic) bond motifs is 1. The molecule has 1 N–H and O–H groups in total. The van der Waals surface area contributed by atoms with Crippen LogP contribution in [0.5, 0.6) is 11.5 Å². The Labute approximate surface area is 197 Å². The van der Waals surface area contributed by atoms with Gasteiger partial charge in [0.1, 0.15) is 5.82 Å². The summed E-state index contributed by atoms with van der Waals surface area (Å²) in [6, 6.07) is 15.7. The van der Waals surface area contributed by atoms with Crippen molar-refractivity contribution < 1.29 is 14.3 Å². The Balaban J connectivity index is 1.26. The molecule has 172 valence electrons. The smallest absolute Gasteiger partial charge is 0.234 e. The number of anilines is 1. The maximum Gasteiger partial charge on any atom is 0.234 e. The van der Waals surface area contributed by atoms with E-state index in [9.17, 15) is 4.79 Å². The lowest BCUT2D eigenvalue weighted by atomic mass is 10.1. The van der Waals surface area contributed by atoms with Crippen LogP contribution < -0.4 is 14.8 Å². The van der Waals surface area contributed by atoms with E-state index in [0.29, 0.717) is 23.7 Å². The molecule has 0 saturated carbocycles. The van der Waals surface area contributed by atoms with Gasteiger partial charge in [0.15, 0.2) is 16.7 Å². The van der Waals surface area contributed by atoms with Crippen LogP contribution in [0, 0.1) is 0 Å². The van der Waals surface area contributed by atoms with Crippen molar-refractivity contribution in [1.29, 1.82) is 0 Å². The number of rotatable bonds is 8. The topological polar surface area (TPSA) is 81.5 Å². The predicted molar refractivity (Wildman–Crippen MR) is 127 cm³/mol. The Morgan fingerprint density at radius 3 is 2.64 bits per heavy atom. The molecule has 9 heteroatoms. The Morgan fingerprint density at radius 1 is 0.970 bits per heavy atom. The third-order valence-corrected chi connectivity index (χ3v) is 6.75. The summed E-state index contributed by atoms with van der Waals surface area (Å²) in [7, 11) is 0. The highest BCUT2D eigenvalue weighted by atomic mass is 32.2.